The fourth-order valence-electron chi connectivity index (χ4n) is 1.66. The Balaban J connectivity index is 2.08. The average Bonchev–Trinajstić information content (AvgIpc) is 2.41. The van der Waals surface area contributed by atoms with Gasteiger partial charge in [0.25, 0.3) is 0 Å². The van der Waals surface area contributed by atoms with Crippen LogP contribution in [0.2, 0.25) is 0 Å². The van der Waals surface area contributed by atoms with Crippen molar-refractivity contribution in [2.24, 2.45) is 0 Å². The summed E-state index contributed by atoms with van der Waals surface area (Å²) in [5.41, 5.74) is 0.632. The summed E-state index contributed by atoms with van der Waals surface area (Å²) < 4.78 is 0. The summed E-state index contributed by atoms with van der Waals surface area (Å²) in [6.45, 7) is 0. The van der Waals surface area contributed by atoms with E-state index in [1.54, 1.807) is 30.4 Å². The molecule has 0 bridgehead atoms. The van der Waals surface area contributed by atoms with Crippen LogP contribution in [0.25, 0.3) is 0 Å². The van der Waals surface area contributed by atoms with E-state index in [-0.39, 0.29) is 11.5 Å². The van der Waals surface area contributed by atoms with Gasteiger partial charge in [-0.1, -0.05) is 42.5 Å². The normalized spacial score (nSPS) is 23.1. The molecule has 1 aromatic carbocycles. The van der Waals surface area contributed by atoms with Crippen molar-refractivity contribution in [1.29, 1.82) is 0 Å². The highest BCUT2D eigenvalue weighted by atomic mass is 35.5. The van der Waals surface area contributed by atoms with E-state index in [4.69, 9.17) is 11.6 Å². The zero-order valence-electron chi connectivity index (χ0n) is 9.71. The van der Waals surface area contributed by atoms with Gasteiger partial charge < -0.3 is 5.11 Å². The number of carbonyl (C=O) groups excluding carboxylic acids is 1. The van der Waals surface area contributed by atoms with E-state index < -0.39 is 4.87 Å². The van der Waals surface area contributed by atoms with Gasteiger partial charge in [0.05, 0.1) is 4.87 Å². The topological polar surface area (TPSA) is 37.3 Å². The zero-order valence-corrected chi connectivity index (χ0v) is 10.5. The second-order valence-corrected chi connectivity index (χ2v) is 4.86. The number of allylic oxidation sites excluding steroid dienone is 5. The Morgan fingerprint density at radius 1 is 1.33 bits per heavy atom. The molecule has 1 N–H and O–H groups in total. The van der Waals surface area contributed by atoms with Crippen LogP contribution in [0.5, 0.6) is 0 Å². The summed E-state index contributed by atoms with van der Waals surface area (Å²) in [5.74, 6) is 0.122. The minimum absolute atomic E-state index is 0.0807. The summed E-state index contributed by atoms with van der Waals surface area (Å²) in [6.07, 6.45) is 8.44. The van der Waals surface area contributed by atoms with Gasteiger partial charge in [0.2, 0.25) is 0 Å². The third-order valence-electron chi connectivity index (χ3n) is 2.73. The molecule has 1 aliphatic rings. The lowest BCUT2D eigenvalue weighted by Gasteiger charge is -2.19. The fraction of sp³-hybridized carbons (Fsp3) is 0.133. The highest BCUT2D eigenvalue weighted by molar-refractivity contribution is 6.27. The molecule has 0 spiro atoms. The van der Waals surface area contributed by atoms with Crippen molar-refractivity contribution >= 4 is 17.4 Å². The summed E-state index contributed by atoms with van der Waals surface area (Å²) in [4.78, 5) is 11.1. The number of aliphatic hydroxyl groups excluding tert-OH is 1. The molecule has 92 valence electrons. The Morgan fingerprint density at radius 2 is 2.06 bits per heavy atom. The lowest BCUT2D eigenvalue weighted by Crippen LogP contribution is -2.16. The van der Waals surface area contributed by atoms with Gasteiger partial charge in [-0.05, 0) is 24.6 Å². The van der Waals surface area contributed by atoms with Gasteiger partial charge in [0.1, 0.15) is 5.76 Å². The smallest absolute Gasteiger partial charge is 0.185 e. The molecule has 0 aromatic heterocycles. The van der Waals surface area contributed by atoms with Crippen LogP contribution in [0.3, 0.4) is 0 Å². The van der Waals surface area contributed by atoms with Gasteiger partial charge in [0, 0.05) is 5.56 Å². The van der Waals surface area contributed by atoms with Crippen LogP contribution in [0, 0.1) is 0 Å². The van der Waals surface area contributed by atoms with Gasteiger partial charge in [-0.25, -0.2) is 0 Å². The van der Waals surface area contributed by atoms with E-state index in [9.17, 15) is 9.90 Å². The van der Waals surface area contributed by atoms with Crippen LogP contribution in [-0.2, 0) is 0 Å². The molecular formula is C15H13ClO2. The summed E-state index contributed by atoms with van der Waals surface area (Å²) in [6, 6.07) is 9.02. The standard InChI is InChI=1S/C15H13ClO2/c16-15(9-6-13(17)7-10-15)11-8-14(18)12-4-2-1-3-5-12/h1-9,11,17H,10H2. The summed E-state index contributed by atoms with van der Waals surface area (Å²) in [5, 5.41) is 9.22. The molecule has 18 heavy (non-hydrogen) atoms. The first-order valence-electron chi connectivity index (χ1n) is 5.65. The van der Waals surface area contributed by atoms with Crippen LogP contribution in [0.4, 0.5) is 0 Å². The number of alkyl halides is 1. The molecule has 0 heterocycles. The molecular weight excluding hydrogens is 248 g/mol. The van der Waals surface area contributed by atoms with Gasteiger partial charge >= 0.3 is 0 Å². The van der Waals surface area contributed by atoms with E-state index in [0.29, 0.717) is 12.0 Å². The fourth-order valence-corrected chi connectivity index (χ4v) is 1.86. The minimum Gasteiger partial charge on any atom is -0.508 e. The molecule has 1 unspecified atom stereocenters. The quantitative estimate of drug-likeness (QED) is 0.510. The van der Waals surface area contributed by atoms with Crippen LogP contribution >= 0.6 is 11.6 Å². The highest BCUT2D eigenvalue weighted by Crippen LogP contribution is 2.28. The molecule has 1 atom stereocenters. The number of rotatable bonds is 3. The van der Waals surface area contributed by atoms with Crippen molar-refractivity contribution in [3.8, 4) is 0 Å². The predicted molar refractivity (Wildman–Crippen MR) is 73.0 cm³/mol. The zero-order chi connectivity index (χ0) is 13.0. The number of ketones is 1. The van der Waals surface area contributed by atoms with Gasteiger partial charge in [-0.2, -0.15) is 0 Å². The number of aliphatic hydroxyl groups is 1. The average molecular weight is 261 g/mol. The van der Waals surface area contributed by atoms with Gasteiger partial charge in [-0.15, -0.1) is 11.6 Å². The van der Waals surface area contributed by atoms with Crippen LogP contribution in [0.1, 0.15) is 16.8 Å². The molecule has 0 radical (unpaired) electrons. The third kappa shape index (κ3) is 3.11. The number of halogens is 1. The lowest BCUT2D eigenvalue weighted by atomic mass is 9.97. The minimum atomic E-state index is -0.726. The van der Waals surface area contributed by atoms with Crippen LogP contribution in [-0.4, -0.2) is 15.8 Å². The Hall–Kier alpha value is -1.80. The Kier molecular flexibility index (Phi) is 3.68. The van der Waals surface area contributed by atoms with Crippen molar-refractivity contribution in [3.05, 3.63) is 72.0 Å². The van der Waals surface area contributed by atoms with Gasteiger partial charge in [-0.3, -0.25) is 4.79 Å². The molecule has 1 aromatic rings. The van der Waals surface area contributed by atoms with Crippen LogP contribution < -0.4 is 0 Å². The Labute approximate surface area is 111 Å². The van der Waals surface area contributed by atoms with Crippen molar-refractivity contribution in [1.82, 2.24) is 0 Å². The second kappa shape index (κ2) is 5.23. The summed E-state index contributed by atoms with van der Waals surface area (Å²) >= 11 is 6.29. The largest absolute Gasteiger partial charge is 0.508 e. The maximum atomic E-state index is 11.9. The molecule has 2 nitrogen and oxygen atoms in total. The second-order valence-electron chi connectivity index (χ2n) is 4.16. The van der Waals surface area contributed by atoms with E-state index in [1.165, 1.54) is 12.2 Å². The van der Waals surface area contributed by atoms with E-state index >= 15 is 0 Å². The third-order valence-corrected chi connectivity index (χ3v) is 3.13. The van der Waals surface area contributed by atoms with E-state index in [0.717, 1.165) is 0 Å². The van der Waals surface area contributed by atoms with Crippen molar-refractivity contribution in [2.75, 3.05) is 0 Å². The first-order chi connectivity index (χ1) is 8.59. The maximum absolute atomic E-state index is 11.9. The molecule has 1 aliphatic carbocycles. The van der Waals surface area contributed by atoms with Gasteiger partial charge in [0.15, 0.2) is 5.78 Å². The van der Waals surface area contributed by atoms with Crippen molar-refractivity contribution in [3.63, 3.8) is 0 Å². The molecule has 3 heteroatoms. The Bertz CT molecular complexity index is 529. The first-order valence-corrected chi connectivity index (χ1v) is 6.03. The Morgan fingerprint density at radius 3 is 2.67 bits per heavy atom. The van der Waals surface area contributed by atoms with Crippen molar-refractivity contribution < 1.29 is 9.90 Å². The number of carbonyl (C=O) groups is 1. The molecule has 2 rings (SSSR count). The molecule has 0 saturated heterocycles. The molecule has 0 amide bonds. The maximum Gasteiger partial charge on any atom is 0.185 e. The van der Waals surface area contributed by atoms with Crippen molar-refractivity contribution in [2.45, 2.75) is 11.3 Å². The van der Waals surface area contributed by atoms with E-state index in [2.05, 4.69) is 0 Å². The SMILES string of the molecule is O=C(C=CC1(Cl)C=CC(O)=CC1)c1ccccc1. The monoisotopic (exact) mass is 260 g/mol. The first kappa shape index (κ1) is 12.7. The number of benzene rings is 1. The predicted octanol–water partition coefficient (Wildman–Crippen LogP) is 3.80. The molecule has 0 saturated carbocycles. The highest BCUT2D eigenvalue weighted by Gasteiger charge is 2.22. The number of hydrogen-bond acceptors (Lipinski definition) is 2. The lowest BCUT2D eigenvalue weighted by molar-refractivity contribution is 0.104. The summed E-state index contributed by atoms with van der Waals surface area (Å²) in [7, 11) is 0. The van der Waals surface area contributed by atoms with E-state index in [1.807, 2.05) is 18.2 Å². The molecule has 0 aliphatic heterocycles. The molecule has 0 fully saturated rings. The number of hydrogen-bond donors (Lipinski definition) is 1. The van der Waals surface area contributed by atoms with Crippen LogP contribution in [0.15, 0.2) is 66.5 Å².